The van der Waals surface area contributed by atoms with Crippen molar-refractivity contribution < 1.29 is 44.0 Å². The van der Waals surface area contributed by atoms with Gasteiger partial charge in [0.1, 0.15) is 25.3 Å². The summed E-state index contributed by atoms with van der Waals surface area (Å²) in [6, 6.07) is 0.310. The van der Waals surface area contributed by atoms with Crippen LogP contribution in [0.15, 0.2) is 0 Å². The Morgan fingerprint density at radius 1 is 0.455 bits per heavy atom. The number of aliphatic hydroxyl groups excluding tert-OH is 2. The van der Waals surface area contributed by atoms with Crippen LogP contribution in [0.2, 0.25) is 0 Å². The molecule has 0 fully saturated rings. The molecule has 7 heteroatoms. The molecule has 270 valence electrons. The molecule has 44 heavy (non-hydrogen) atoms. The zero-order valence-electron chi connectivity index (χ0n) is 31.1. The third-order valence-electron chi connectivity index (χ3n) is 9.26. The number of halogens is 2. The van der Waals surface area contributed by atoms with E-state index in [1.165, 1.54) is 128 Å². The van der Waals surface area contributed by atoms with Crippen LogP contribution in [0.5, 0.6) is 0 Å². The largest absolute Gasteiger partial charge is 1.00 e. The number of hydrogen-bond acceptors (Lipinski definition) is 3. The zero-order chi connectivity index (χ0) is 31.7. The molecule has 0 radical (unpaired) electrons. The van der Waals surface area contributed by atoms with E-state index < -0.39 is 0 Å². The second-order valence-electron chi connectivity index (χ2n) is 15.4. The lowest BCUT2D eigenvalue weighted by atomic mass is 10.1. The molecule has 0 saturated carbocycles. The highest BCUT2D eigenvalue weighted by molar-refractivity contribution is 4.72. The maximum Gasteiger partial charge on any atom is 0.115 e. The molecule has 0 saturated heterocycles. The van der Waals surface area contributed by atoms with Gasteiger partial charge in [0.25, 0.3) is 0 Å². The molecule has 2 N–H and O–H groups in total. The molecular formula is C37H81Cl2N3O2. The summed E-state index contributed by atoms with van der Waals surface area (Å²) in [4.78, 5) is 2.29. The molecule has 5 nitrogen and oxygen atoms in total. The van der Waals surface area contributed by atoms with Crippen molar-refractivity contribution in [2.24, 2.45) is 0 Å². The molecule has 0 rings (SSSR count). The summed E-state index contributed by atoms with van der Waals surface area (Å²) < 4.78 is 1.74. The Bertz CT molecular complexity index is 547. The molecule has 0 aromatic heterocycles. The van der Waals surface area contributed by atoms with Crippen LogP contribution in [0.1, 0.15) is 156 Å². The van der Waals surface area contributed by atoms with E-state index >= 15 is 0 Å². The lowest BCUT2D eigenvalue weighted by Crippen LogP contribution is -3.00. The summed E-state index contributed by atoms with van der Waals surface area (Å²) in [5.41, 5.74) is 0. The van der Waals surface area contributed by atoms with Gasteiger partial charge in [0.05, 0.1) is 41.3 Å². The Kier molecular flexibility index (Phi) is 34.0. The van der Waals surface area contributed by atoms with Crippen molar-refractivity contribution in [3.63, 3.8) is 0 Å². The topological polar surface area (TPSA) is 43.7 Å². The second-order valence-corrected chi connectivity index (χ2v) is 15.4. The first-order valence-corrected chi connectivity index (χ1v) is 18.7. The monoisotopic (exact) mass is 670 g/mol. The second kappa shape index (κ2) is 30.7. The lowest BCUT2D eigenvalue weighted by molar-refractivity contribution is -0.893. The number of nitrogens with zero attached hydrogens (tertiary/aromatic N) is 3. The van der Waals surface area contributed by atoms with Gasteiger partial charge in [-0.15, -0.1) is 0 Å². The fourth-order valence-corrected chi connectivity index (χ4v) is 6.53. The van der Waals surface area contributed by atoms with Crippen LogP contribution >= 0.6 is 0 Å². The zero-order valence-corrected chi connectivity index (χ0v) is 32.6. The smallest absolute Gasteiger partial charge is 0.115 e. The summed E-state index contributed by atoms with van der Waals surface area (Å²) in [5, 5.41) is 22.1. The van der Waals surface area contributed by atoms with Crippen molar-refractivity contribution in [1.82, 2.24) is 4.90 Å². The molecule has 0 heterocycles. The third-order valence-corrected chi connectivity index (χ3v) is 9.26. The van der Waals surface area contributed by atoms with E-state index in [-0.39, 0.29) is 37.0 Å². The predicted molar refractivity (Wildman–Crippen MR) is 186 cm³/mol. The number of quaternary nitrogens is 2. The maximum absolute atomic E-state index is 11.0. The summed E-state index contributed by atoms with van der Waals surface area (Å²) >= 11 is 0. The molecule has 0 aliphatic carbocycles. The number of rotatable bonds is 31. The van der Waals surface area contributed by atoms with Gasteiger partial charge in [0.15, 0.2) is 0 Å². The van der Waals surface area contributed by atoms with Crippen molar-refractivity contribution in [2.75, 3.05) is 67.5 Å². The minimum Gasteiger partial charge on any atom is -1.00 e. The molecular weight excluding hydrogens is 589 g/mol. The highest BCUT2D eigenvalue weighted by atomic mass is 35.5. The van der Waals surface area contributed by atoms with E-state index in [0.717, 1.165) is 35.1 Å². The van der Waals surface area contributed by atoms with E-state index in [9.17, 15) is 10.2 Å². The average Bonchev–Trinajstić information content (AvgIpc) is 2.89. The van der Waals surface area contributed by atoms with Gasteiger partial charge < -0.3 is 44.0 Å². The van der Waals surface area contributed by atoms with Crippen LogP contribution in [0.3, 0.4) is 0 Å². The first-order valence-electron chi connectivity index (χ1n) is 18.7. The van der Waals surface area contributed by atoms with Crippen LogP contribution in [0.25, 0.3) is 0 Å². The van der Waals surface area contributed by atoms with Gasteiger partial charge in [-0.1, -0.05) is 117 Å². The Hall–Kier alpha value is 0.380. The molecule has 0 aromatic rings. The lowest BCUT2D eigenvalue weighted by Gasteiger charge is -2.37. The van der Waals surface area contributed by atoms with E-state index in [2.05, 4.69) is 60.8 Å². The van der Waals surface area contributed by atoms with E-state index in [1.807, 2.05) is 0 Å². The van der Waals surface area contributed by atoms with Gasteiger partial charge in [-0.3, -0.25) is 4.90 Å². The Balaban J connectivity index is -0.00000840. The first kappa shape index (κ1) is 48.8. The van der Waals surface area contributed by atoms with Crippen molar-refractivity contribution in [1.29, 1.82) is 0 Å². The average molecular weight is 671 g/mol. The Labute approximate surface area is 289 Å². The highest BCUT2D eigenvalue weighted by Crippen LogP contribution is 2.15. The molecule has 0 amide bonds. The fourth-order valence-electron chi connectivity index (χ4n) is 6.53. The number of hydrogen-bond donors (Lipinski definition) is 2. The van der Waals surface area contributed by atoms with Crippen LogP contribution in [-0.2, 0) is 0 Å². The molecule has 0 bridgehead atoms. The van der Waals surface area contributed by atoms with Crippen LogP contribution in [-0.4, -0.2) is 110 Å². The SMILES string of the molecule is CCCCCCCCCCCC[N+](C)(C)CC(O)CN(CC(O)C[N+](C)(C)CCCCCCCCCCCC)C(C)C.[Cl-].[Cl-]. The Morgan fingerprint density at radius 2 is 0.705 bits per heavy atom. The standard InChI is InChI=1S/C37H81N3O2.2ClH/c1-9-11-13-15-17-19-21-23-25-27-29-39(5,6)33-36(41)31-38(35(3)4)32-37(42)34-40(7,8)30-28-26-24-22-20-18-16-14-12-10-2;;/h35-37,41-42H,9-34H2,1-8H3;2*1H/q+2;;/p-2. The molecule has 2 unspecified atom stereocenters. The van der Waals surface area contributed by atoms with Gasteiger partial charge in [-0.2, -0.15) is 0 Å². The van der Waals surface area contributed by atoms with Gasteiger partial charge >= 0.3 is 0 Å². The quantitative estimate of drug-likeness (QED) is 0.0881. The van der Waals surface area contributed by atoms with Crippen LogP contribution < -0.4 is 24.8 Å². The first-order chi connectivity index (χ1) is 19.9. The van der Waals surface area contributed by atoms with E-state index in [0.29, 0.717) is 19.1 Å². The predicted octanol–water partition coefficient (Wildman–Crippen LogP) is 2.42. The maximum atomic E-state index is 11.0. The summed E-state index contributed by atoms with van der Waals surface area (Å²) in [6.07, 6.45) is 26.5. The van der Waals surface area contributed by atoms with E-state index in [4.69, 9.17) is 0 Å². The van der Waals surface area contributed by atoms with Crippen molar-refractivity contribution >= 4 is 0 Å². The molecule has 0 aromatic carbocycles. The minimum absolute atomic E-state index is 0. The number of unbranched alkanes of at least 4 members (excludes halogenated alkanes) is 18. The van der Waals surface area contributed by atoms with Crippen LogP contribution in [0, 0.1) is 0 Å². The van der Waals surface area contributed by atoms with Gasteiger partial charge in [0, 0.05) is 19.1 Å². The van der Waals surface area contributed by atoms with Gasteiger partial charge in [-0.05, 0) is 39.5 Å². The molecule has 0 aliphatic heterocycles. The molecule has 0 aliphatic rings. The Morgan fingerprint density at radius 3 is 0.955 bits per heavy atom. The minimum atomic E-state index is -0.369. The van der Waals surface area contributed by atoms with Crippen LogP contribution in [0.4, 0.5) is 0 Å². The third kappa shape index (κ3) is 31.0. The summed E-state index contributed by atoms with van der Waals surface area (Å²) in [7, 11) is 9.05. The van der Waals surface area contributed by atoms with Crippen molar-refractivity contribution in [3.8, 4) is 0 Å². The van der Waals surface area contributed by atoms with Gasteiger partial charge in [0.2, 0.25) is 0 Å². The van der Waals surface area contributed by atoms with E-state index in [1.54, 1.807) is 0 Å². The fraction of sp³-hybridized carbons (Fsp3) is 1.00. The van der Waals surface area contributed by atoms with Crippen molar-refractivity contribution in [3.05, 3.63) is 0 Å². The normalized spacial score (nSPS) is 13.6. The highest BCUT2D eigenvalue weighted by Gasteiger charge is 2.27. The van der Waals surface area contributed by atoms with Gasteiger partial charge in [-0.25, -0.2) is 0 Å². The summed E-state index contributed by atoms with van der Waals surface area (Å²) in [6.45, 7) is 14.0. The number of aliphatic hydroxyl groups is 2. The molecule has 0 spiro atoms. The summed E-state index contributed by atoms with van der Waals surface area (Å²) in [5.74, 6) is 0. The molecule has 2 atom stereocenters. The van der Waals surface area contributed by atoms with Crippen molar-refractivity contribution in [2.45, 2.75) is 174 Å². The number of likely N-dealkylation sites (N-methyl/N-ethyl adjacent to an activating group) is 2.